The van der Waals surface area contributed by atoms with Crippen molar-refractivity contribution in [2.45, 2.75) is 241 Å². The maximum absolute atomic E-state index is 12.2. The number of hydrogen-bond donors (Lipinski definition) is 2. The van der Waals surface area contributed by atoms with Crippen LogP contribution in [-0.2, 0) is 81.1 Å². The Labute approximate surface area is 659 Å². The summed E-state index contributed by atoms with van der Waals surface area (Å²) in [6.45, 7) is 52.8. The number of amides is 5. The highest BCUT2D eigenvalue weighted by molar-refractivity contribution is 6.02. The predicted molar refractivity (Wildman–Crippen MR) is 456 cm³/mol. The van der Waals surface area contributed by atoms with Gasteiger partial charge in [0.05, 0.1) is 29.3 Å². The van der Waals surface area contributed by atoms with Crippen LogP contribution < -0.4 is 54.1 Å². The van der Waals surface area contributed by atoms with Crippen molar-refractivity contribution in [3.8, 4) is 23.0 Å². The number of carbonyl (C=O) groups is 5. The normalized spacial score (nSPS) is 16.3. The largest absolute Gasteiger partial charge is 0.490 e. The molecule has 7 aliphatic rings. The summed E-state index contributed by atoms with van der Waals surface area (Å²) in [6.07, 6.45) is 5.53. The van der Waals surface area contributed by atoms with E-state index in [2.05, 4.69) is 265 Å². The first-order chi connectivity index (χ1) is 50.8. The van der Waals surface area contributed by atoms with Gasteiger partial charge in [0.25, 0.3) is 17.7 Å². The van der Waals surface area contributed by atoms with E-state index in [4.69, 9.17) is 18.9 Å². The minimum atomic E-state index is -0.787. The lowest BCUT2D eigenvalue weighted by Crippen LogP contribution is -2.50. The molecule has 7 aromatic carbocycles. The average Bonchev–Trinajstić information content (AvgIpc) is 0.750. The molecule has 5 amide bonds. The third-order valence-corrected chi connectivity index (χ3v) is 21.2. The summed E-state index contributed by atoms with van der Waals surface area (Å²) in [4.78, 5) is 67.5. The fraction of sp³-hybridized carbons (Fsp3) is 0.500. The second-order valence-corrected chi connectivity index (χ2v) is 37.9. The Morgan fingerprint density at radius 2 is 0.700 bits per heavy atom. The topological polar surface area (TPSA) is 163 Å². The second kappa shape index (κ2) is 33.7. The lowest BCUT2D eigenvalue weighted by Gasteiger charge is -2.37. The maximum Gasteiger partial charge on any atom is 0.270 e. The lowest BCUT2D eigenvalue weighted by atomic mass is 9.85. The van der Waals surface area contributed by atoms with Gasteiger partial charge in [-0.25, -0.2) is 0 Å². The molecule has 110 heavy (non-hydrogen) atoms. The van der Waals surface area contributed by atoms with E-state index < -0.39 is 5.60 Å². The van der Waals surface area contributed by atoms with Gasteiger partial charge in [0, 0.05) is 71.7 Å². The van der Waals surface area contributed by atoms with E-state index in [1.54, 1.807) is 42.6 Å². The van der Waals surface area contributed by atoms with Gasteiger partial charge in [-0.2, -0.15) is 0 Å². The number of likely N-dealkylation sites (N-methyl/N-ethyl adjacent to an activating group) is 3. The molecule has 0 radical (unpaired) electrons. The van der Waals surface area contributed by atoms with Gasteiger partial charge in [-0.1, -0.05) is 206 Å². The quantitative estimate of drug-likeness (QED) is 0.149. The Hall–Kier alpha value is -9.31. The van der Waals surface area contributed by atoms with Crippen LogP contribution in [0.5, 0.6) is 23.0 Å². The van der Waals surface area contributed by atoms with Crippen LogP contribution in [0.3, 0.4) is 0 Å². The van der Waals surface area contributed by atoms with Crippen LogP contribution in [0.15, 0.2) is 127 Å². The summed E-state index contributed by atoms with van der Waals surface area (Å²) in [7, 11) is 9.78. The molecule has 16 nitrogen and oxygen atoms in total. The van der Waals surface area contributed by atoms with Gasteiger partial charge < -0.3 is 54.1 Å². The Morgan fingerprint density at radius 3 is 1.22 bits per heavy atom. The molecule has 0 spiro atoms. The summed E-state index contributed by atoms with van der Waals surface area (Å²) in [5.41, 5.74) is 20.4. The monoisotopic (exact) mass is 1500 g/mol. The van der Waals surface area contributed by atoms with Gasteiger partial charge in [0.1, 0.15) is 29.6 Å². The number of ether oxygens (including phenoxy) is 4. The SMILES string of the molecule is CC(C)(C)c1ccc2c(c1)NC(=O)CC2.CC(C)(C)c1ccc2c(c1)NC(=O)CO2.CN1C(=O)C(C)(C)Oc2ccc(C(C)(C)C)cc21.CN1C(=O)CCc2ccc(C(C)(C)C)cc21.CN1C(=O)COc2ccc(C(C)(C)C)cc21.CN1CCCc2ccc(C(C)(C)C)cc21.CN1CCOc2ccc(C(C)(C)C)cc21. The van der Waals surface area contributed by atoms with E-state index in [0.29, 0.717) is 12.8 Å². The number of nitrogens with one attached hydrogen (secondary N) is 2. The standard InChI is InChI=1S/C15H21NO2.C14H19NO.C14H21N.C13H17NO2.C13H19NO.C13H17NO.C12H15NO2/c1-14(2,3)10-7-8-12-11(9-10)16(6)13(17)15(4,5)18-12;1-14(2,3)11-7-5-10-6-8-13(16)15(4)12(10)9-11;1-14(2,3)12-8-7-11-6-5-9-15(4)13(11)10-12;1-13(2,3)9-5-6-11-10(7-9)14(4)12(15)8-16-11;1-13(2,3)10-5-6-12-11(9-10)14(4)7-8-15-12;1-13(2,3)10-6-4-9-5-7-12(15)14-11(9)8-10;1-12(2,3)8-4-5-10-9(6-8)13-11(14)7-15-10/h7-9H,1-6H3;5,7,9H,6,8H2,1-4H3;7-8,10H,5-6,9H2,1-4H3;5-7H,8H2,1-4H3;5-6,9H,7-8H2,1-4H3;4,6,8H,5,7H2,1-3H3,(H,14,15);4-6H,7H2,1-3H3,(H,13,14). The summed E-state index contributed by atoms with van der Waals surface area (Å²) >= 11 is 0. The highest BCUT2D eigenvalue weighted by Gasteiger charge is 2.40. The molecule has 0 atom stereocenters. The molecular weight excluding hydrogens is 1370 g/mol. The van der Waals surface area contributed by atoms with Gasteiger partial charge in [0.15, 0.2) is 18.8 Å². The van der Waals surface area contributed by atoms with Crippen molar-refractivity contribution in [1.82, 2.24) is 0 Å². The van der Waals surface area contributed by atoms with E-state index in [1.165, 1.54) is 86.4 Å². The first-order valence-electron chi connectivity index (χ1n) is 39.2. The van der Waals surface area contributed by atoms with E-state index in [1.807, 2.05) is 49.5 Å². The number of fused-ring (bicyclic) bond motifs is 7. The summed E-state index contributed by atoms with van der Waals surface area (Å²) in [6, 6.07) is 44.4. The summed E-state index contributed by atoms with van der Waals surface area (Å²) in [5, 5.41) is 5.74. The van der Waals surface area contributed by atoms with Crippen molar-refractivity contribution < 1.29 is 42.9 Å². The summed E-state index contributed by atoms with van der Waals surface area (Å²) < 4.78 is 22.1. The number of nitrogens with zero attached hydrogens (tertiary/aromatic N) is 5. The van der Waals surface area contributed by atoms with Crippen LogP contribution in [0.1, 0.15) is 234 Å². The minimum Gasteiger partial charge on any atom is -0.490 e. The number of hydrogen-bond acceptors (Lipinski definition) is 11. The molecule has 7 aliphatic heterocycles. The maximum atomic E-state index is 12.2. The molecule has 0 aliphatic carbocycles. The van der Waals surface area contributed by atoms with Crippen LogP contribution >= 0.6 is 0 Å². The zero-order chi connectivity index (χ0) is 81.8. The molecule has 594 valence electrons. The lowest BCUT2D eigenvalue weighted by molar-refractivity contribution is -0.132. The fourth-order valence-electron chi connectivity index (χ4n) is 13.4. The third kappa shape index (κ3) is 22.0. The van der Waals surface area contributed by atoms with Crippen molar-refractivity contribution in [1.29, 1.82) is 0 Å². The van der Waals surface area contributed by atoms with Crippen molar-refractivity contribution in [2.75, 3.05) is 103 Å². The van der Waals surface area contributed by atoms with Crippen molar-refractivity contribution in [2.24, 2.45) is 0 Å². The zero-order valence-electron chi connectivity index (χ0n) is 71.8. The number of anilines is 7. The average molecular weight is 1500 g/mol. The number of aryl methyl sites for hydroxylation is 3. The molecule has 0 saturated carbocycles. The van der Waals surface area contributed by atoms with Crippen LogP contribution in [0, 0.1) is 0 Å². The second-order valence-electron chi connectivity index (χ2n) is 37.9. The molecule has 16 heteroatoms. The molecule has 7 heterocycles. The molecule has 0 unspecified atom stereocenters. The fourth-order valence-corrected chi connectivity index (χ4v) is 13.4. The van der Waals surface area contributed by atoms with E-state index in [9.17, 15) is 24.0 Å². The highest BCUT2D eigenvalue weighted by Crippen LogP contribution is 2.43. The molecular formula is C94H129N7O9. The minimum absolute atomic E-state index is 0.00133. The molecule has 0 saturated heterocycles. The van der Waals surface area contributed by atoms with Crippen LogP contribution in [-0.4, -0.2) is 103 Å². The van der Waals surface area contributed by atoms with Gasteiger partial charge >= 0.3 is 0 Å². The Morgan fingerprint density at radius 1 is 0.327 bits per heavy atom. The number of carbonyl (C=O) groups excluding carboxylic acids is 5. The molecule has 0 fully saturated rings. The van der Waals surface area contributed by atoms with Gasteiger partial charge in [-0.05, 0) is 200 Å². The van der Waals surface area contributed by atoms with E-state index >= 15 is 0 Å². The molecule has 2 N–H and O–H groups in total. The third-order valence-electron chi connectivity index (χ3n) is 21.2. The van der Waals surface area contributed by atoms with Crippen molar-refractivity contribution >= 4 is 69.3 Å². The summed E-state index contributed by atoms with van der Waals surface area (Å²) in [5.74, 6) is 3.57. The molecule has 0 aromatic heterocycles. The van der Waals surface area contributed by atoms with Crippen molar-refractivity contribution in [3.63, 3.8) is 0 Å². The molecule has 0 bridgehead atoms. The predicted octanol–water partition coefficient (Wildman–Crippen LogP) is 19.7. The van der Waals surface area contributed by atoms with Crippen LogP contribution in [0.2, 0.25) is 0 Å². The van der Waals surface area contributed by atoms with Gasteiger partial charge in [-0.15, -0.1) is 0 Å². The Kier molecular flexibility index (Phi) is 26.5. The number of rotatable bonds is 0. The highest BCUT2D eigenvalue weighted by atomic mass is 16.5. The number of benzene rings is 7. The first kappa shape index (κ1) is 86.3. The van der Waals surface area contributed by atoms with E-state index in [-0.39, 0.29) is 80.7 Å². The van der Waals surface area contributed by atoms with Gasteiger partial charge in [0.2, 0.25) is 11.8 Å². The first-order valence-corrected chi connectivity index (χ1v) is 39.2. The van der Waals surface area contributed by atoms with Crippen molar-refractivity contribution in [3.05, 3.63) is 183 Å². The Bertz CT molecular complexity index is 4240. The molecule has 7 aromatic rings. The Balaban J connectivity index is 0.000000161. The van der Waals surface area contributed by atoms with E-state index in [0.717, 1.165) is 77.4 Å². The zero-order valence-corrected chi connectivity index (χ0v) is 71.8. The molecule has 14 rings (SSSR count). The van der Waals surface area contributed by atoms with Crippen LogP contribution in [0.25, 0.3) is 0 Å². The van der Waals surface area contributed by atoms with Gasteiger partial charge in [-0.3, -0.25) is 24.0 Å². The van der Waals surface area contributed by atoms with Crippen LogP contribution in [0.4, 0.5) is 39.8 Å². The smallest absolute Gasteiger partial charge is 0.270 e.